The van der Waals surface area contributed by atoms with Gasteiger partial charge in [0.2, 0.25) is 0 Å². The van der Waals surface area contributed by atoms with Gasteiger partial charge in [-0.05, 0) is 81.5 Å². The van der Waals surface area contributed by atoms with Crippen LogP contribution in [0.2, 0.25) is 0 Å². The summed E-state index contributed by atoms with van der Waals surface area (Å²) < 4.78 is 0. The van der Waals surface area contributed by atoms with Crippen molar-refractivity contribution in [3.05, 3.63) is 82.0 Å². The number of aryl methyl sites for hydroxylation is 1. The van der Waals surface area contributed by atoms with Gasteiger partial charge in [0.05, 0.1) is 5.54 Å². The number of nitrogens with one attached hydrogen (secondary N) is 1. The second kappa shape index (κ2) is 9.19. The van der Waals surface area contributed by atoms with Gasteiger partial charge in [-0.1, -0.05) is 67.7 Å². The number of likely N-dealkylation sites (N-methyl/N-ethyl adjacent to an activating group) is 1. The molecule has 0 spiro atoms. The molecule has 0 fully saturated rings. The molecular weight excluding hydrogens is 326 g/mol. The van der Waals surface area contributed by atoms with E-state index in [-0.39, 0.29) is 5.54 Å². The molecule has 0 saturated carbocycles. The molecule has 0 radical (unpaired) electrons. The van der Waals surface area contributed by atoms with Crippen molar-refractivity contribution >= 4 is 12.2 Å². The molecule has 144 valence electrons. The van der Waals surface area contributed by atoms with E-state index >= 15 is 0 Å². The van der Waals surface area contributed by atoms with Crippen molar-refractivity contribution in [3.8, 4) is 0 Å². The summed E-state index contributed by atoms with van der Waals surface area (Å²) in [7, 11) is 2.01. The Morgan fingerprint density at radius 3 is 2.15 bits per heavy atom. The molecule has 0 saturated heterocycles. The topological polar surface area (TPSA) is 12.0 Å². The first kappa shape index (κ1) is 21.2. The predicted molar refractivity (Wildman–Crippen MR) is 122 cm³/mol. The third-order valence-electron chi connectivity index (χ3n) is 5.61. The Morgan fingerprint density at radius 2 is 1.59 bits per heavy atom. The normalized spacial score (nSPS) is 21.4. The Balaban J connectivity index is 2.59. The zero-order valence-electron chi connectivity index (χ0n) is 18.1. The van der Waals surface area contributed by atoms with E-state index in [1.54, 1.807) is 0 Å². The fraction of sp³-hybridized carbons (Fsp3) is 0.385. The molecule has 0 aromatic heterocycles. The maximum Gasteiger partial charge on any atom is 0.0525 e. The van der Waals surface area contributed by atoms with E-state index in [1.165, 1.54) is 33.4 Å². The van der Waals surface area contributed by atoms with Crippen LogP contribution in [0.4, 0.5) is 0 Å². The number of hydrogen-bond donors (Lipinski definition) is 1. The molecule has 2 unspecified atom stereocenters. The largest absolute Gasteiger partial charge is 0.308 e. The molecular formula is C26H35N. The molecule has 0 bridgehead atoms. The van der Waals surface area contributed by atoms with Crippen LogP contribution in [-0.4, -0.2) is 12.6 Å². The van der Waals surface area contributed by atoms with Gasteiger partial charge >= 0.3 is 0 Å². The van der Waals surface area contributed by atoms with Crippen molar-refractivity contribution in [1.82, 2.24) is 5.32 Å². The summed E-state index contributed by atoms with van der Waals surface area (Å²) in [4.78, 5) is 0. The molecule has 1 heteroatoms. The van der Waals surface area contributed by atoms with Gasteiger partial charge in [-0.15, -0.1) is 0 Å². The van der Waals surface area contributed by atoms with Crippen LogP contribution in [0.5, 0.6) is 0 Å². The van der Waals surface area contributed by atoms with E-state index < -0.39 is 0 Å². The van der Waals surface area contributed by atoms with Crippen molar-refractivity contribution in [2.75, 3.05) is 7.05 Å². The summed E-state index contributed by atoms with van der Waals surface area (Å²) in [6.07, 6.45) is 18.9. The average molecular weight is 362 g/mol. The van der Waals surface area contributed by atoms with Gasteiger partial charge in [0.1, 0.15) is 0 Å². The Hall–Kier alpha value is -2.12. The maximum atomic E-state index is 3.40. The number of benzene rings is 1. The van der Waals surface area contributed by atoms with E-state index in [9.17, 15) is 0 Å². The predicted octanol–water partition coefficient (Wildman–Crippen LogP) is 6.98. The summed E-state index contributed by atoms with van der Waals surface area (Å²) >= 11 is 0. The second-order valence-corrected chi connectivity index (χ2v) is 7.64. The summed E-state index contributed by atoms with van der Waals surface area (Å²) in [6.45, 7) is 13.1. The highest BCUT2D eigenvalue weighted by Gasteiger charge is 2.22. The molecule has 27 heavy (non-hydrogen) atoms. The lowest BCUT2D eigenvalue weighted by Gasteiger charge is -2.23. The number of rotatable bonds is 6. The molecule has 0 aliphatic heterocycles. The standard InChI is InChI=1S/C26H35N/c1-8-11-21-17-20(5)25(18-22(21)12-9-2)23(10-3)24-14-16-26(6,27-7)15-13-19(24)4/h8-9,11-18,23,27H,10H2,1-7H3/b11-8-,12-9-. The smallest absolute Gasteiger partial charge is 0.0525 e. The highest BCUT2D eigenvalue weighted by Crippen LogP contribution is 2.36. The van der Waals surface area contributed by atoms with Gasteiger partial charge in [0.15, 0.2) is 0 Å². The van der Waals surface area contributed by atoms with E-state index in [0.717, 1.165) is 6.42 Å². The Bertz CT molecular complexity index is 817. The van der Waals surface area contributed by atoms with Gasteiger partial charge < -0.3 is 5.32 Å². The van der Waals surface area contributed by atoms with Crippen LogP contribution in [0.3, 0.4) is 0 Å². The molecule has 1 N–H and O–H groups in total. The monoisotopic (exact) mass is 361 g/mol. The van der Waals surface area contributed by atoms with Gasteiger partial charge in [-0.3, -0.25) is 0 Å². The van der Waals surface area contributed by atoms with Crippen molar-refractivity contribution in [3.63, 3.8) is 0 Å². The van der Waals surface area contributed by atoms with Crippen molar-refractivity contribution in [2.24, 2.45) is 0 Å². The molecule has 2 rings (SSSR count). The fourth-order valence-corrected chi connectivity index (χ4v) is 3.80. The van der Waals surface area contributed by atoms with Crippen LogP contribution in [0.15, 0.2) is 59.7 Å². The molecule has 1 nitrogen and oxygen atoms in total. The lowest BCUT2D eigenvalue weighted by Crippen LogP contribution is -2.34. The Kier molecular flexibility index (Phi) is 7.21. The van der Waals surface area contributed by atoms with Crippen LogP contribution in [-0.2, 0) is 0 Å². The lowest BCUT2D eigenvalue weighted by molar-refractivity contribution is 0.588. The minimum atomic E-state index is -0.0950. The molecule has 1 aromatic rings. The first-order valence-electron chi connectivity index (χ1n) is 10.1. The first-order chi connectivity index (χ1) is 12.9. The molecule has 0 heterocycles. The van der Waals surface area contributed by atoms with Crippen LogP contribution < -0.4 is 5.32 Å². The van der Waals surface area contributed by atoms with Crippen LogP contribution >= 0.6 is 0 Å². The van der Waals surface area contributed by atoms with E-state index in [1.807, 2.05) is 7.05 Å². The van der Waals surface area contributed by atoms with E-state index in [0.29, 0.717) is 5.92 Å². The molecule has 1 aliphatic rings. The quantitative estimate of drug-likeness (QED) is 0.576. The van der Waals surface area contributed by atoms with Gasteiger partial charge in [0, 0.05) is 5.92 Å². The summed E-state index contributed by atoms with van der Waals surface area (Å²) in [5.74, 6) is 0.397. The van der Waals surface area contributed by atoms with E-state index in [4.69, 9.17) is 0 Å². The van der Waals surface area contributed by atoms with E-state index in [2.05, 4.69) is 108 Å². The molecule has 2 atom stereocenters. The third-order valence-corrected chi connectivity index (χ3v) is 5.61. The Labute approximate surface area is 166 Å². The highest BCUT2D eigenvalue weighted by atomic mass is 14.9. The average Bonchev–Trinajstić information content (AvgIpc) is 2.80. The lowest BCUT2D eigenvalue weighted by atomic mass is 9.82. The van der Waals surface area contributed by atoms with Crippen LogP contribution in [0.25, 0.3) is 12.2 Å². The minimum Gasteiger partial charge on any atom is -0.308 e. The van der Waals surface area contributed by atoms with Crippen molar-refractivity contribution < 1.29 is 0 Å². The number of allylic oxidation sites excluding steroid dienone is 6. The second-order valence-electron chi connectivity index (χ2n) is 7.64. The maximum absolute atomic E-state index is 3.40. The fourth-order valence-electron chi connectivity index (χ4n) is 3.80. The van der Waals surface area contributed by atoms with Crippen LogP contribution in [0, 0.1) is 6.92 Å². The van der Waals surface area contributed by atoms with Crippen LogP contribution in [0.1, 0.15) is 69.2 Å². The van der Waals surface area contributed by atoms with Crippen molar-refractivity contribution in [1.29, 1.82) is 0 Å². The van der Waals surface area contributed by atoms with Gasteiger partial charge in [-0.2, -0.15) is 0 Å². The molecule has 1 aromatic carbocycles. The highest BCUT2D eigenvalue weighted by molar-refractivity contribution is 5.67. The molecule has 1 aliphatic carbocycles. The first-order valence-corrected chi connectivity index (χ1v) is 10.1. The van der Waals surface area contributed by atoms with Gasteiger partial charge in [0.25, 0.3) is 0 Å². The zero-order chi connectivity index (χ0) is 20.0. The van der Waals surface area contributed by atoms with Crippen molar-refractivity contribution in [2.45, 2.75) is 59.4 Å². The number of hydrogen-bond acceptors (Lipinski definition) is 1. The summed E-state index contributed by atoms with van der Waals surface area (Å²) in [6, 6.07) is 4.72. The summed E-state index contributed by atoms with van der Waals surface area (Å²) in [5, 5.41) is 3.40. The van der Waals surface area contributed by atoms with Gasteiger partial charge in [-0.25, -0.2) is 0 Å². The SMILES string of the molecule is C/C=C\c1cc(C)c(C(CC)C2=C(C)C=CC(C)(NC)C=C2)cc1/C=C\C. The Morgan fingerprint density at radius 1 is 1.00 bits per heavy atom. The summed E-state index contributed by atoms with van der Waals surface area (Å²) in [5.41, 5.74) is 8.04. The minimum absolute atomic E-state index is 0.0950. The molecule has 0 amide bonds. The zero-order valence-corrected chi connectivity index (χ0v) is 18.1. The third kappa shape index (κ3) is 4.78.